The third-order valence-corrected chi connectivity index (χ3v) is 3.38. The van der Waals surface area contributed by atoms with Gasteiger partial charge >= 0.3 is 0 Å². The molecule has 0 aliphatic heterocycles. The Morgan fingerprint density at radius 1 is 1.00 bits per heavy atom. The summed E-state index contributed by atoms with van der Waals surface area (Å²) < 4.78 is 13.8. The van der Waals surface area contributed by atoms with Crippen molar-refractivity contribution in [2.24, 2.45) is 5.73 Å². The van der Waals surface area contributed by atoms with E-state index >= 15 is 0 Å². The topological polar surface area (TPSA) is 26.0 Å². The molecular weight excluding hydrogens is 272 g/mol. The van der Waals surface area contributed by atoms with E-state index in [0.717, 1.165) is 0 Å². The largest absolute Gasteiger partial charge is 0.330 e. The molecule has 0 radical (unpaired) electrons. The summed E-state index contributed by atoms with van der Waals surface area (Å²) in [6, 6.07) is 10.1. The van der Waals surface area contributed by atoms with Crippen LogP contribution in [0.1, 0.15) is 5.56 Å². The predicted molar refractivity (Wildman–Crippen MR) is 74.6 cm³/mol. The van der Waals surface area contributed by atoms with Crippen LogP contribution in [0.3, 0.4) is 0 Å². The second-order valence-electron chi connectivity index (χ2n) is 3.90. The van der Waals surface area contributed by atoms with Crippen molar-refractivity contribution in [2.45, 2.75) is 6.42 Å². The van der Waals surface area contributed by atoms with E-state index in [1.54, 1.807) is 30.3 Å². The first-order valence-corrected chi connectivity index (χ1v) is 6.32. The lowest BCUT2D eigenvalue weighted by molar-refractivity contribution is 0.610. The Kier molecular flexibility index (Phi) is 4.23. The van der Waals surface area contributed by atoms with Gasteiger partial charge in [-0.3, -0.25) is 0 Å². The standard InChI is InChI=1S/C14H12Cl2FN/c15-11-4-2-5-12(16)14(11)10-3-1-6-13(17)9(10)7-8-18/h1-6H,7-8,18H2. The zero-order valence-electron chi connectivity index (χ0n) is 9.59. The lowest BCUT2D eigenvalue weighted by Crippen LogP contribution is -2.06. The molecule has 0 aliphatic carbocycles. The van der Waals surface area contributed by atoms with Gasteiger partial charge in [-0.1, -0.05) is 41.4 Å². The van der Waals surface area contributed by atoms with Crippen molar-refractivity contribution in [3.05, 3.63) is 57.8 Å². The summed E-state index contributed by atoms with van der Waals surface area (Å²) in [5.74, 6) is -0.283. The number of rotatable bonds is 3. The molecule has 2 N–H and O–H groups in total. The van der Waals surface area contributed by atoms with Crippen LogP contribution in [-0.4, -0.2) is 6.54 Å². The van der Waals surface area contributed by atoms with Crippen LogP contribution in [0.4, 0.5) is 4.39 Å². The molecule has 0 aliphatic rings. The molecule has 0 aromatic heterocycles. The molecule has 0 unspecified atom stereocenters. The molecule has 0 fully saturated rings. The summed E-state index contributed by atoms with van der Waals surface area (Å²) in [5.41, 5.74) is 7.43. The Labute approximate surface area is 115 Å². The maximum absolute atomic E-state index is 13.8. The molecule has 0 saturated heterocycles. The van der Waals surface area contributed by atoms with Gasteiger partial charge in [0.2, 0.25) is 0 Å². The van der Waals surface area contributed by atoms with Gasteiger partial charge in [0, 0.05) is 15.6 Å². The van der Waals surface area contributed by atoms with Crippen LogP contribution in [0, 0.1) is 5.82 Å². The predicted octanol–water partition coefficient (Wildman–Crippen LogP) is 4.30. The highest BCUT2D eigenvalue weighted by Gasteiger charge is 2.14. The SMILES string of the molecule is NCCc1c(F)cccc1-c1c(Cl)cccc1Cl. The summed E-state index contributed by atoms with van der Waals surface area (Å²) in [4.78, 5) is 0. The smallest absolute Gasteiger partial charge is 0.127 e. The molecule has 0 bridgehead atoms. The first-order chi connectivity index (χ1) is 8.65. The Hall–Kier alpha value is -1.09. The van der Waals surface area contributed by atoms with Gasteiger partial charge in [-0.15, -0.1) is 0 Å². The third kappa shape index (κ3) is 2.51. The first kappa shape index (κ1) is 13.3. The molecule has 1 nitrogen and oxygen atoms in total. The highest BCUT2D eigenvalue weighted by molar-refractivity contribution is 6.39. The molecule has 2 aromatic carbocycles. The average Bonchev–Trinajstić information content (AvgIpc) is 2.33. The number of hydrogen-bond donors (Lipinski definition) is 1. The molecule has 4 heteroatoms. The summed E-state index contributed by atoms with van der Waals surface area (Å²) in [6.45, 7) is 0.371. The highest BCUT2D eigenvalue weighted by atomic mass is 35.5. The van der Waals surface area contributed by atoms with E-state index in [1.807, 2.05) is 0 Å². The van der Waals surface area contributed by atoms with E-state index in [1.165, 1.54) is 6.07 Å². The number of halogens is 3. The van der Waals surface area contributed by atoms with Crippen molar-refractivity contribution in [1.29, 1.82) is 0 Å². The third-order valence-electron chi connectivity index (χ3n) is 2.75. The molecule has 0 amide bonds. The zero-order valence-corrected chi connectivity index (χ0v) is 11.1. The minimum Gasteiger partial charge on any atom is -0.330 e. The number of benzene rings is 2. The molecule has 0 saturated carbocycles. The van der Waals surface area contributed by atoms with Gasteiger partial charge in [-0.05, 0) is 42.3 Å². The monoisotopic (exact) mass is 283 g/mol. The van der Waals surface area contributed by atoms with Crippen LogP contribution in [0.2, 0.25) is 10.0 Å². The Balaban J connectivity index is 2.67. The molecule has 0 heterocycles. The van der Waals surface area contributed by atoms with Crippen molar-refractivity contribution in [1.82, 2.24) is 0 Å². The summed E-state index contributed by atoms with van der Waals surface area (Å²) in [7, 11) is 0. The van der Waals surface area contributed by atoms with E-state index in [-0.39, 0.29) is 5.82 Å². The lowest BCUT2D eigenvalue weighted by Gasteiger charge is -2.13. The van der Waals surface area contributed by atoms with Gasteiger partial charge < -0.3 is 5.73 Å². The van der Waals surface area contributed by atoms with Crippen molar-refractivity contribution in [2.75, 3.05) is 6.54 Å². The molecule has 2 rings (SSSR count). The summed E-state index contributed by atoms with van der Waals surface area (Å²) in [6.07, 6.45) is 0.448. The van der Waals surface area contributed by atoms with Crippen LogP contribution in [0.25, 0.3) is 11.1 Å². The Bertz CT molecular complexity index is 549. The van der Waals surface area contributed by atoms with E-state index in [4.69, 9.17) is 28.9 Å². The van der Waals surface area contributed by atoms with Crippen molar-refractivity contribution >= 4 is 23.2 Å². The fraction of sp³-hybridized carbons (Fsp3) is 0.143. The zero-order chi connectivity index (χ0) is 13.1. The van der Waals surface area contributed by atoms with E-state index in [2.05, 4.69) is 0 Å². The van der Waals surface area contributed by atoms with Crippen molar-refractivity contribution < 1.29 is 4.39 Å². The maximum Gasteiger partial charge on any atom is 0.127 e. The molecule has 0 atom stereocenters. The van der Waals surface area contributed by atoms with Gasteiger partial charge in [0.15, 0.2) is 0 Å². The molecule has 94 valence electrons. The van der Waals surface area contributed by atoms with Gasteiger partial charge in [-0.25, -0.2) is 4.39 Å². The summed E-state index contributed by atoms with van der Waals surface area (Å²) in [5, 5.41) is 1.01. The average molecular weight is 284 g/mol. The minimum absolute atomic E-state index is 0.283. The Morgan fingerprint density at radius 2 is 1.61 bits per heavy atom. The lowest BCUT2D eigenvalue weighted by atomic mass is 9.97. The van der Waals surface area contributed by atoms with Gasteiger partial charge in [0.05, 0.1) is 0 Å². The second-order valence-corrected chi connectivity index (χ2v) is 4.72. The van der Waals surface area contributed by atoms with Gasteiger partial charge in [0.25, 0.3) is 0 Å². The van der Waals surface area contributed by atoms with Gasteiger partial charge in [-0.2, -0.15) is 0 Å². The number of nitrogens with two attached hydrogens (primary N) is 1. The molecule has 2 aromatic rings. The van der Waals surface area contributed by atoms with Crippen molar-refractivity contribution in [3.8, 4) is 11.1 Å². The molecule has 18 heavy (non-hydrogen) atoms. The fourth-order valence-corrected chi connectivity index (χ4v) is 2.55. The van der Waals surface area contributed by atoms with Crippen LogP contribution < -0.4 is 5.73 Å². The maximum atomic E-state index is 13.8. The first-order valence-electron chi connectivity index (χ1n) is 5.57. The van der Waals surface area contributed by atoms with E-state index in [0.29, 0.717) is 39.7 Å². The molecule has 0 spiro atoms. The summed E-state index contributed by atoms with van der Waals surface area (Å²) >= 11 is 12.3. The van der Waals surface area contributed by atoms with Crippen LogP contribution >= 0.6 is 23.2 Å². The van der Waals surface area contributed by atoms with E-state index < -0.39 is 0 Å². The fourth-order valence-electron chi connectivity index (χ4n) is 1.95. The second kappa shape index (κ2) is 5.70. The van der Waals surface area contributed by atoms with Crippen molar-refractivity contribution in [3.63, 3.8) is 0 Å². The van der Waals surface area contributed by atoms with Crippen LogP contribution in [-0.2, 0) is 6.42 Å². The quantitative estimate of drug-likeness (QED) is 0.893. The molecular formula is C14H12Cl2FN. The number of hydrogen-bond acceptors (Lipinski definition) is 1. The normalized spacial score (nSPS) is 10.7. The Morgan fingerprint density at radius 3 is 2.22 bits per heavy atom. The van der Waals surface area contributed by atoms with Gasteiger partial charge in [0.1, 0.15) is 5.82 Å². The van der Waals surface area contributed by atoms with Crippen LogP contribution in [0.15, 0.2) is 36.4 Å². The highest BCUT2D eigenvalue weighted by Crippen LogP contribution is 2.37. The van der Waals surface area contributed by atoms with E-state index in [9.17, 15) is 4.39 Å². The van der Waals surface area contributed by atoms with Crippen LogP contribution in [0.5, 0.6) is 0 Å². The minimum atomic E-state index is -0.283.